The van der Waals surface area contributed by atoms with Crippen LogP contribution in [0.3, 0.4) is 0 Å². The van der Waals surface area contributed by atoms with Gasteiger partial charge in [-0.25, -0.2) is 4.39 Å². The number of pyridine rings is 1. The van der Waals surface area contributed by atoms with Crippen molar-refractivity contribution in [3.8, 4) is 6.07 Å². The minimum absolute atomic E-state index is 0.319. The third kappa shape index (κ3) is 2.41. The summed E-state index contributed by atoms with van der Waals surface area (Å²) in [6.45, 7) is 0. The zero-order valence-electron chi connectivity index (χ0n) is 9.38. The van der Waals surface area contributed by atoms with Gasteiger partial charge in [-0.1, -0.05) is 0 Å². The quantitative estimate of drug-likeness (QED) is 0.775. The summed E-state index contributed by atoms with van der Waals surface area (Å²) in [6.07, 6.45) is 3.05. The molecule has 0 fully saturated rings. The van der Waals surface area contributed by atoms with Gasteiger partial charge in [-0.3, -0.25) is 9.78 Å². The summed E-state index contributed by atoms with van der Waals surface area (Å²) in [5, 5.41) is 9.10. The van der Waals surface area contributed by atoms with Gasteiger partial charge in [0.25, 0.3) is 0 Å². The Hall–Kier alpha value is -2.54. The largest absolute Gasteiger partial charge is 0.292 e. The predicted molar refractivity (Wildman–Crippen MR) is 63.3 cm³/mol. The number of hydrogen-bond donors (Lipinski definition) is 0. The van der Waals surface area contributed by atoms with Gasteiger partial charge < -0.3 is 0 Å². The van der Waals surface area contributed by atoms with Gasteiger partial charge in [-0.2, -0.15) is 5.26 Å². The molecule has 4 heteroatoms. The Morgan fingerprint density at radius 1 is 1.17 bits per heavy atom. The van der Waals surface area contributed by atoms with Crippen molar-refractivity contribution < 1.29 is 9.18 Å². The van der Waals surface area contributed by atoms with Crippen LogP contribution in [-0.4, -0.2) is 10.8 Å². The van der Waals surface area contributed by atoms with Crippen molar-refractivity contribution in [2.24, 2.45) is 0 Å². The molecule has 0 aliphatic rings. The lowest BCUT2D eigenvalue weighted by atomic mass is 9.92. The number of rotatable bonds is 3. The van der Waals surface area contributed by atoms with Gasteiger partial charge in [0, 0.05) is 18.0 Å². The summed E-state index contributed by atoms with van der Waals surface area (Å²) in [6, 6.07) is 10.4. The van der Waals surface area contributed by atoms with Gasteiger partial charge in [-0.05, 0) is 42.0 Å². The first kappa shape index (κ1) is 11.9. The third-order valence-corrected chi connectivity index (χ3v) is 2.56. The lowest BCUT2D eigenvalue weighted by Crippen LogP contribution is -2.11. The van der Waals surface area contributed by atoms with Gasteiger partial charge in [-0.15, -0.1) is 0 Å². The molecule has 0 aliphatic heterocycles. The summed E-state index contributed by atoms with van der Waals surface area (Å²) in [5.74, 6) is -1.65. The fourth-order valence-corrected chi connectivity index (χ4v) is 1.62. The van der Waals surface area contributed by atoms with Crippen molar-refractivity contribution in [3.63, 3.8) is 0 Å². The number of halogens is 1. The Balaban J connectivity index is 2.32. The maximum atomic E-state index is 12.8. The number of carbonyl (C=O) groups excluding carboxylic acids is 1. The molecule has 0 saturated carbocycles. The maximum Gasteiger partial charge on any atom is 0.184 e. The van der Waals surface area contributed by atoms with E-state index in [4.69, 9.17) is 5.26 Å². The van der Waals surface area contributed by atoms with Crippen LogP contribution in [0, 0.1) is 17.1 Å². The van der Waals surface area contributed by atoms with Crippen molar-refractivity contribution in [2.45, 2.75) is 5.92 Å². The van der Waals surface area contributed by atoms with Crippen LogP contribution >= 0.6 is 0 Å². The monoisotopic (exact) mass is 240 g/mol. The number of benzene rings is 1. The van der Waals surface area contributed by atoms with Gasteiger partial charge in [0.1, 0.15) is 11.7 Å². The van der Waals surface area contributed by atoms with Crippen LogP contribution in [0.5, 0.6) is 0 Å². The molecule has 18 heavy (non-hydrogen) atoms. The number of hydrogen-bond acceptors (Lipinski definition) is 3. The molecule has 0 bridgehead atoms. The lowest BCUT2D eigenvalue weighted by molar-refractivity contribution is 0.0979. The standard InChI is InChI=1S/C14H9FN2O/c15-12-3-1-11(2-4-12)14(18)13(9-16)10-5-7-17-8-6-10/h1-8,13H. The highest BCUT2D eigenvalue weighted by Crippen LogP contribution is 2.19. The summed E-state index contributed by atoms with van der Waals surface area (Å²) in [4.78, 5) is 16.0. The molecule has 1 heterocycles. The molecule has 0 spiro atoms. The molecule has 1 unspecified atom stereocenters. The van der Waals surface area contributed by atoms with Crippen LogP contribution in [0.25, 0.3) is 0 Å². The fourth-order valence-electron chi connectivity index (χ4n) is 1.62. The van der Waals surface area contributed by atoms with Crippen LogP contribution < -0.4 is 0 Å². The van der Waals surface area contributed by atoms with E-state index < -0.39 is 11.7 Å². The number of aromatic nitrogens is 1. The lowest BCUT2D eigenvalue weighted by Gasteiger charge is -2.08. The van der Waals surface area contributed by atoms with Crippen molar-refractivity contribution in [1.29, 1.82) is 5.26 Å². The molecule has 2 rings (SSSR count). The highest BCUT2D eigenvalue weighted by Gasteiger charge is 2.21. The van der Waals surface area contributed by atoms with Crippen LogP contribution in [0.4, 0.5) is 4.39 Å². The van der Waals surface area contributed by atoms with Crippen molar-refractivity contribution in [3.05, 3.63) is 65.7 Å². The molecule has 3 nitrogen and oxygen atoms in total. The molecule has 0 radical (unpaired) electrons. The molecule has 1 aromatic heterocycles. The van der Waals surface area contributed by atoms with E-state index in [0.717, 1.165) is 0 Å². The second kappa shape index (κ2) is 5.19. The minimum Gasteiger partial charge on any atom is -0.292 e. The van der Waals surface area contributed by atoms with E-state index in [1.54, 1.807) is 12.1 Å². The predicted octanol–water partition coefficient (Wildman–Crippen LogP) is 2.71. The molecular weight excluding hydrogens is 231 g/mol. The van der Waals surface area contributed by atoms with Crippen molar-refractivity contribution in [2.75, 3.05) is 0 Å². The number of ketones is 1. The normalized spacial score (nSPS) is 11.6. The first-order valence-electron chi connectivity index (χ1n) is 5.31. The Morgan fingerprint density at radius 2 is 1.78 bits per heavy atom. The zero-order chi connectivity index (χ0) is 13.0. The van der Waals surface area contributed by atoms with Crippen LogP contribution in [0.2, 0.25) is 0 Å². The molecular formula is C14H9FN2O. The van der Waals surface area contributed by atoms with Crippen LogP contribution in [0.15, 0.2) is 48.8 Å². The fraction of sp³-hybridized carbons (Fsp3) is 0.0714. The zero-order valence-corrected chi connectivity index (χ0v) is 9.38. The Morgan fingerprint density at radius 3 is 2.33 bits per heavy atom. The molecule has 0 N–H and O–H groups in total. The van der Waals surface area contributed by atoms with Gasteiger partial charge >= 0.3 is 0 Å². The number of nitrogens with zero attached hydrogens (tertiary/aromatic N) is 2. The van der Waals surface area contributed by atoms with Gasteiger partial charge in [0.05, 0.1) is 6.07 Å². The van der Waals surface area contributed by atoms with E-state index in [1.807, 2.05) is 6.07 Å². The topological polar surface area (TPSA) is 53.8 Å². The van der Waals surface area contributed by atoms with E-state index in [0.29, 0.717) is 11.1 Å². The van der Waals surface area contributed by atoms with Crippen LogP contribution in [0.1, 0.15) is 21.8 Å². The molecule has 1 aromatic carbocycles. The maximum absolute atomic E-state index is 12.8. The van der Waals surface area contributed by atoms with Crippen LogP contribution in [-0.2, 0) is 0 Å². The Kier molecular flexibility index (Phi) is 3.44. The summed E-state index contributed by atoms with van der Waals surface area (Å²) >= 11 is 0. The second-order valence-corrected chi connectivity index (χ2v) is 3.71. The second-order valence-electron chi connectivity index (χ2n) is 3.71. The SMILES string of the molecule is N#CC(C(=O)c1ccc(F)cc1)c1ccncc1. The summed E-state index contributed by atoms with van der Waals surface area (Å²) in [7, 11) is 0. The molecule has 0 amide bonds. The van der Waals surface area contributed by atoms with Gasteiger partial charge in [0.15, 0.2) is 5.78 Å². The average Bonchev–Trinajstić information content (AvgIpc) is 2.41. The first-order valence-corrected chi connectivity index (χ1v) is 5.31. The van der Waals surface area contributed by atoms with Gasteiger partial charge in [0.2, 0.25) is 0 Å². The Bertz CT molecular complexity index is 587. The highest BCUT2D eigenvalue weighted by molar-refractivity contribution is 6.02. The summed E-state index contributed by atoms with van der Waals surface area (Å²) in [5.41, 5.74) is 0.904. The van der Waals surface area contributed by atoms with E-state index in [-0.39, 0.29) is 5.78 Å². The molecule has 2 aromatic rings. The molecule has 0 saturated heterocycles. The van der Waals surface area contributed by atoms with Crippen molar-refractivity contribution >= 4 is 5.78 Å². The van der Waals surface area contributed by atoms with Crippen molar-refractivity contribution in [1.82, 2.24) is 4.98 Å². The molecule has 1 atom stereocenters. The Labute approximate surface area is 104 Å². The first-order chi connectivity index (χ1) is 8.72. The molecule has 0 aliphatic carbocycles. The smallest absolute Gasteiger partial charge is 0.184 e. The van der Waals surface area contributed by atoms with E-state index in [2.05, 4.69) is 4.98 Å². The molecule has 88 valence electrons. The summed E-state index contributed by atoms with van der Waals surface area (Å²) < 4.78 is 12.8. The third-order valence-electron chi connectivity index (χ3n) is 2.56. The van der Waals surface area contributed by atoms with E-state index >= 15 is 0 Å². The number of carbonyl (C=O) groups is 1. The highest BCUT2D eigenvalue weighted by atomic mass is 19.1. The minimum atomic E-state index is -0.890. The number of Topliss-reactive ketones (excluding diaryl/α,β-unsaturated/α-hetero) is 1. The average molecular weight is 240 g/mol. The van der Waals surface area contributed by atoms with E-state index in [1.165, 1.54) is 36.7 Å². The van der Waals surface area contributed by atoms with E-state index in [9.17, 15) is 9.18 Å². The number of nitriles is 1.